The van der Waals surface area contributed by atoms with Gasteiger partial charge in [-0.05, 0) is 61.2 Å². The third-order valence-electron chi connectivity index (χ3n) is 6.67. The van der Waals surface area contributed by atoms with Crippen LogP contribution in [0.25, 0.3) is 0 Å². The number of sulfonamides is 1. The molecule has 2 aromatic rings. The Morgan fingerprint density at radius 2 is 1.53 bits per heavy atom. The smallest absolute Gasteiger partial charge is 0.253 e. The van der Waals surface area contributed by atoms with Crippen LogP contribution in [0.2, 0.25) is 0 Å². The highest BCUT2D eigenvalue weighted by Crippen LogP contribution is 2.26. The summed E-state index contributed by atoms with van der Waals surface area (Å²) in [6.45, 7) is 4.27. The second-order valence-corrected chi connectivity index (χ2v) is 10.8. The maximum absolute atomic E-state index is 13.2. The molecule has 2 aliphatic heterocycles. The van der Waals surface area contributed by atoms with E-state index >= 15 is 0 Å². The number of hydrogen-bond acceptors (Lipinski definition) is 4. The van der Waals surface area contributed by atoms with Gasteiger partial charge in [0, 0.05) is 44.8 Å². The van der Waals surface area contributed by atoms with E-state index in [9.17, 15) is 22.4 Å². The fraction of sp³-hybridized carbons (Fsp3) is 0.440. The van der Waals surface area contributed by atoms with Gasteiger partial charge in [-0.2, -0.15) is 4.31 Å². The molecule has 2 fully saturated rings. The minimum atomic E-state index is -3.79. The highest BCUT2D eigenvalue weighted by molar-refractivity contribution is 7.89. The van der Waals surface area contributed by atoms with Crippen molar-refractivity contribution < 1.29 is 22.4 Å². The molecule has 182 valence electrons. The van der Waals surface area contributed by atoms with Crippen molar-refractivity contribution in [2.24, 2.45) is 5.92 Å². The molecule has 0 aliphatic carbocycles. The van der Waals surface area contributed by atoms with Gasteiger partial charge in [0.15, 0.2) is 0 Å². The zero-order chi connectivity index (χ0) is 24.3. The molecule has 2 heterocycles. The number of benzene rings is 2. The van der Waals surface area contributed by atoms with E-state index in [4.69, 9.17) is 0 Å². The number of piperidine rings is 1. The number of nitrogens with zero attached hydrogens (tertiary/aromatic N) is 3. The number of carbonyl (C=O) groups is 2. The molecule has 34 heavy (non-hydrogen) atoms. The molecule has 0 N–H and O–H groups in total. The van der Waals surface area contributed by atoms with Crippen LogP contribution in [0.1, 0.15) is 35.7 Å². The summed E-state index contributed by atoms with van der Waals surface area (Å²) in [7, 11) is -3.79. The molecule has 1 unspecified atom stereocenters. The van der Waals surface area contributed by atoms with Crippen LogP contribution in [0.15, 0.2) is 53.4 Å². The summed E-state index contributed by atoms with van der Waals surface area (Å²) in [5.41, 5.74) is 1.82. The highest BCUT2D eigenvalue weighted by atomic mass is 32.2. The van der Waals surface area contributed by atoms with Gasteiger partial charge in [0.25, 0.3) is 5.91 Å². The summed E-state index contributed by atoms with van der Waals surface area (Å²) in [5.74, 6) is -1.03. The minimum Gasteiger partial charge on any atom is -0.339 e. The van der Waals surface area contributed by atoms with E-state index in [1.807, 2.05) is 24.3 Å². The van der Waals surface area contributed by atoms with Crippen molar-refractivity contribution in [3.63, 3.8) is 0 Å². The van der Waals surface area contributed by atoms with E-state index in [2.05, 4.69) is 6.92 Å². The zero-order valence-electron chi connectivity index (χ0n) is 19.3. The summed E-state index contributed by atoms with van der Waals surface area (Å²) in [6.07, 6.45) is 2.12. The first-order chi connectivity index (χ1) is 16.3. The molecule has 0 aromatic heterocycles. The van der Waals surface area contributed by atoms with Gasteiger partial charge in [0.05, 0.1) is 10.8 Å². The Morgan fingerprint density at radius 3 is 2.15 bits per heavy atom. The maximum atomic E-state index is 13.2. The first kappa shape index (κ1) is 24.3. The van der Waals surface area contributed by atoms with Crippen molar-refractivity contribution in [3.8, 4) is 0 Å². The van der Waals surface area contributed by atoms with Gasteiger partial charge in [0.2, 0.25) is 15.9 Å². The Kier molecular flexibility index (Phi) is 7.33. The maximum Gasteiger partial charge on any atom is 0.253 e. The molecule has 9 heteroatoms. The lowest BCUT2D eigenvalue weighted by Gasteiger charge is -2.38. The first-order valence-corrected chi connectivity index (χ1v) is 13.2. The van der Waals surface area contributed by atoms with Crippen LogP contribution >= 0.6 is 0 Å². The highest BCUT2D eigenvalue weighted by Gasteiger charge is 2.36. The topological polar surface area (TPSA) is 78.0 Å². The molecule has 2 amide bonds. The Bertz CT molecular complexity index is 1130. The van der Waals surface area contributed by atoms with E-state index in [1.54, 1.807) is 9.80 Å². The number of amides is 2. The van der Waals surface area contributed by atoms with E-state index < -0.39 is 21.8 Å². The molecule has 1 atom stereocenters. The lowest BCUT2D eigenvalue weighted by molar-refractivity contribution is -0.138. The third-order valence-corrected chi connectivity index (χ3v) is 8.55. The summed E-state index contributed by atoms with van der Waals surface area (Å²) in [4.78, 5) is 29.5. The van der Waals surface area contributed by atoms with Crippen LogP contribution in [0.3, 0.4) is 0 Å². The standard InChI is InChI=1S/C25H30FN3O4S/c1-2-19-5-7-20(8-6-19)24(30)27-14-16-28(17-15-27)25(31)21-4-3-13-29(18-21)34(32,33)23-11-9-22(26)10-12-23/h5-12,21H,2-4,13-18H2,1H3. The van der Waals surface area contributed by atoms with Crippen LogP contribution in [0, 0.1) is 11.7 Å². The van der Waals surface area contributed by atoms with Crippen LogP contribution < -0.4 is 0 Å². The molecule has 2 aliphatic rings. The average Bonchev–Trinajstić information content (AvgIpc) is 2.88. The van der Waals surface area contributed by atoms with Gasteiger partial charge in [-0.15, -0.1) is 0 Å². The van der Waals surface area contributed by atoms with Crippen molar-refractivity contribution >= 4 is 21.8 Å². The molecule has 2 saturated heterocycles. The number of halogens is 1. The van der Waals surface area contributed by atoms with Crippen LogP contribution in [0.5, 0.6) is 0 Å². The molecule has 2 aromatic carbocycles. The van der Waals surface area contributed by atoms with Crippen molar-refractivity contribution in [1.82, 2.24) is 14.1 Å². The normalized spacial score (nSPS) is 19.8. The van der Waals surface area contributed by atoms with Gasteiger partial charge in [-0.25, -0.2) is 12.8 Å². The van der Waals surface area contributed by atoms with Crippen LogP contribution in [0.4, 0.5) is 4.39 Å². The largest absolute Gasteiger partial charge is 0.339 e. The van der Waals surface area contributed by atoms with Crippen molar-refractivity contribution in [3.05, 3.63) is 65.5 Å². The average molecular weight is 488 g/mol. The number of aryl methyl sites for hydroxylation is 1. The van der Waals surface area contributed by atoms with Crippen molar-refractivity contribution in [1.29, 1.82) is 0 Å². The van der Waals surface area contributed by atoms with Gasteiger partial charge in [0.1, 0.15) is 5.82 Å². The Labute approximate surface area is 200 Å². The second kappa shape index (κ2) is 10.2. The Balaban J connectivity index is 1.35. The van der Waals surface area contributed by atoms with E-state index in [-0.39, 0.29) is 23.3 Å². The van der Waals surface area contributed by atoms with Crippen LogP contribution in [-0.4, -0.2) is 73.6 Å². The van der Waals surface area contributed by atoms with E-state index in [0.29, 0.717) is 51.1 Å². The van der Waals surface area contributed by atoms with E-state index in [1.165, 1.54) is 22.0 Å². The van der Waals surface area contributed by atoms with Crippen molar-refractivity contribution in [2.45, 2.75) is 31.1 Å². The molecular weight excluding hydrogens is 457 g/mol. The molecule has 0 radical (unpaired) electrons. The van der Waals surface area contributed by atoms with Gasteiger partial charge in [-0.1, -0.05) is 19.1 Å². The monoisotopic (exact) mass is 487 g/mol. The number of carbonyl (C=O) groups excluding carboxylic acids is 2. The van der Waals surface area contributed by atoms with Gasteiger partial charge < -0.3 is 9.80 Å². The third kappa shape index (κ3) is 5.15. The zero-order valence-corrected chi connectivity index (χ0v) is 20.1. The predicted molar refractivity (Wildman–Crippen MR) is 126 cm³/mol. The molecule has 7 nitrogen and oxygen atoms in total. The first-order valence-electron chi connectivity index (χ1n) is 11.7. The summed E-state index contributed by atoms with van der Waals surface area (Å²) < 4.78 is 40.5. The Hall–Kier alpha value is -2.78. The molecule has 4 rings (SSSR count). The Morgan fingerprint density at radius 1 is 0.912 bits per heavy atom. The SMILES string of the molecule is CCc1ccc(C(=O)N2CCN(C(=O)C3CCCN(S(=O)(=O)c4ccc(F)cc4)C3)CC2)cc1. The summed E-state index contributed by atoms with van der Waals surface area (Å²) in [6, 6.07) is 12.4. The molecule has 0 spiro atoms. The van der Waals surface area contributed by atoms with Crippen molar-refractivity contribution in [2.75, 3.05) is 39.3 Å². The fourth-order valence-electron chi connectivity index (χ4n) is 4.57. The number of rotatable bonds is 5. The van der Waals surface area contributed by atoms with E-state index in [0.717, 1.165) is 18.6 Å². The van der Waals surface area contributed by atoms with Gasteiger partial charge >= 0.3 is 0 Å². The molecular formula is C25H30FN3O4S. The quantitative estimate of drug-likeness (QED) is 0.650. The lowest BCUT2D eigenvalue weighted by atomic mass is 9.97. The predicted octanol–water partition coefficient (Wildman–Crippen LogP) is 2.77. The fourth-order valence-corrected chi connectivity index (χ4v) is 6.10. The van der Waals surface area contributed by atoms with Gasteiger partial charge in [-0.3, -0.25) is 9.59 Å². The summed E-state index contributed by atoms with van der Waals surface area (Å²) >= 11 is 0. The number of hydrogen-bond donors (Lipinski definition) is 0. The second-order valence-electron chi connectivity index (χ2n) is 8.82. The number of piperazine rings is 1. The summed E-state index contributed by atoms with van der Waals surface area (Å²) in [5, 5.41) is 0. The molecule has 0 bridgehead atoms. The van der Waals surface area contributed by atoms with Crippen LogP contribution in [-0.2, 0) is 21.2 Å². The minimum absolute atomic E-state index is 0.0288. The molecule has 0 saturated carbocycles. The lowest BCUT2D eigenvalue weighted by Crippen LogP contribution is -2.54.